The van der Waals surface area contributed by atoms with Gasteiger partial charge in [0.05, 0.1) is 12.7 Å². The summed E-state index contributed by atoms with van der Waals surface area (Å²) in [6.45, 7) is 1.89. The second-order valence-corrected chi connectivity index (χ2v) is 3.85. The van der Waals surface area contributed by atoms with Gasteiger partial charge in [0.2, 0.25) is 0 Å². The molecule has 1 aromatic heterocycles. The molecule has 0 aliphatic carbocycles. The molecule has 18 heavy (non-hydrogen) atoms. The van der Waals surface area contributed by atoms with Gasteiger partial charge in [-0.05, 0) is 6.42 Å². The Kier molecular flexibility index (Phi) is 5.04. The van der Waals surface area contributed by atoms with Crippen molar-refractivity contribution in [2.45, 2.75) is 32.2 Å². The monoisotopic (exact) mass is 253 g/mol. The molecule has 0 saturated heterocycles. The molecule has 0 radical (unpaired) electrons. The summed E-state index contributed by atoms with van der Waals surface area (Å²) in [5.41, 5.74) is -0.669. The van der Waals surface area contributed by atoms with Gasteiger partial charge in [-0.1, -0.05) is 13.3 Å². The average Bonchev–Trinajstić information content (AvgIpc) is 2.28. The van der Waals surface area contributed by atoms with E-state index in [-0.39, 0.29) is 12.0 Å². The lowest BCUT2D eigenvalue weighted by Crippen LogP contribution is -2.38. The van der Waals surface area contributed by atoms with Gasteiger partial charge < -0.3 is 15.4 Å². The van der Waals surface area contributed by atoms with Gasteiger partial charge in [0, 0.05) is 12.2 Å². The van der Waals surface area contributed by atoms with Crippen molar-refractivity contribution >= 4 is 11.9 Å². The van der Waals surface area contributed by atoms with Crippen LogP contribution in [0.25, 0.3) is 0 Å². The van der Waals surface area contributed by atoms with Crippen LogP contribution >= 0.6 is 0 Å². The van der Waals surface area contributed by atoms with E-state index in [4.69, 9.17) is 5.11 Å². The molecule has 1 amide bonds. The third-order valence-corrected chi connectivity index (χ3v) is 2.36. The van der Waals surface area contributed by atoms with Gasteiger partial charge in [-0.25, -0.2) is 4.98 Å². The second kappa shape index (κ2) is 6.53. The van der Waals surface area contributed by atoms with Gasteiger partial charge in [0.15, 0.2) is 0 Å². The van der Waals surface area contributed by atoms with Crippen LogP contribution < -0.4 is 10.9 Å². The summed E-state index contributed by atoms with van der Waals surface area (Å²) in [5, 5.41) is 11.2. The maximum absolute atomic E-state index is 11.8. The maximum atomic E-state index is 11.8. The van der Waals surface area contributed by atoms with Crippen molar-refractivity contribution in [3.8, 4) is 0 Å². The highest BCUT2D eigenvalue weighted by molar-refractivity contribution is 5.93. The number of aromatic nitrogens is 2. The second-order valence-electron chi connectivity index (χ2n) is 3.85. The number of carboxylic acid groups (broad SMARTS) is 1. The van der Waals surface area contributed by atoms with Crippen molar-refractivity contribution in [2.24, 2.45) is 0 Å². The lowest BCUT2D eigenvalue weighted by Gasteiger charge is -2.15. The van der Waals surface area contributed by atoms with Crippen LogP contribution in [0.4, 0.5) is 0 Å². The average molecular weight is 253 g/mol. The van der Waals surface area contributed by atoms with Gasteiger partial charge in [-0.2, -0.15) is 0 Å². The molecule has 3 N–H and O–H groups in total. The van der Waals surface area contributed by atoms with Crippen molar-refractivity contribution in [1.29, 1.82) is 0 Å². The molecule has 0 spiro atoms. The summed E-state index contributed by atoms with van der Waals surface area (Å²) in [6.07, 6.45) is 3.44. The fraction of sp³-hybridized carbons (Fsp3) is 0.455. The van der Waals surface area contributed by atoms with Crippen molar-refractivity contribution in [1.82, 2.24) is 15.3 Å². The number of rotatable bonds is 6. The minimum Gasteiger partial charge on any atom is -0.481 e. The van der Waals surface area contributed by atoms with Gasteiger partial charge >= 0.3 is 5.97 Å². The molecule has 7 heteroatoms. The minimum absolute atomic E-state index is 0.121. The fourth-order valence-electron chi connectivity index (χ4n) is 1.55. The molecule has 1 heterocycles. The van der Waals surface area contributed by atoms with Gasteiger partial charge in [0.1, 0.15) is 5.56 Å². The quantitative estimate of drug-likeness (QED) is 0.667. The van der Waals surface area contributed by atoms with E-state index in [1.54, 1.807) is 0 Å². The van der Waals surface area contributed by atoms with Gasteiger partial charge in [-0.3, -0.25) is 14.4 Å². The molecular formula is C11H15N3O4. The number of hydrogen-bond donors (Lipinski definition) is 3. The lowest BCUT2D eigenvalue weighted by molar-refractivity contribution is -0.137. The molecule has 1 rings (SSSR count). The number of nitrogens with one attached hydrogen (secondary N) is 2. The third-order valence-electron chi connectivity index (χ3n) is 2.36. The Balaban J connectivity index is 2.75. The number of carboxylic acids is 1. The zero-order valence-electron chi connectivity index (χ0n) is 9.97. The number of carbonyl (C=O) groups excluding carboxylic acids is 1. The highest BCUT2D eigenvalue weighted by Crippen LogP contribution is 2.03. The Labute approximate surface area is 103 Å². The first kappa shape index (κ1) is 13.9. The Hall–Kier alpha value is -2.18. The molecule has 0 bridgehead atoms. The van der Waals surface area contributed by atoms with E-state index in [0.717, 1.165) is 12.6 Å². The smallest absolute Gasteiger partial charge is 0.305 e. The highest BCUT2D eigenvalue weighted by atomic mass is 16.4. The molecule has 0 saturated carbocycles. The zero-order valence-corrected chi connectivity index (χ0v) is 9.97. The van der Waals surface area contributed by atoms with E-state index in [9.17, 15) is 14.4 Å². The predicted octanol–water partition coefficient (Wildman–Crippen LogP) is 0.143. The molecule has 0 fully saturated rings. The van der Waals surface area contributed by atoms with Crippen LogP contribution in [0, 0.1) is 0 Å². The Morgan fingerprint density at radius 3 is 2.83 bits per heavy atom. The summed E-state index contributed by atoms with van der Waals surface area (Å²) in [6, 6.07) is -0.486. The first-order valence-corrected chi connectivity index (χ1v) is 5.60. The van der Waals surface area contributed by atoms with Gasteiger partial charge in [-0.15, -0.1) is 0 Å². The maximum Gasteiger partial charge on any atom is 0.305 e. The largest absolute Gasteiger partial charge is 0.481 e. The topological polar surface area (TPSA) is 112 Å². The number of aliphatic carboxylic acids is 1. The highest BCUT2D eigenvalue weighted by Gasteiger charge is 2.18. The first-order valence-electron chi connectivity index (χ1n) is 5.60. The normalized spacial score (nSPS) is 11.8. The SMILES string of the molecule is CCCC(CC(=O)O)NC(=O)c1cnc[nH]c1=O. The first-order chi connectivity index (χ1) is 8.54. The molecule has 0 aromatic carbocycles. The van der Waals surface area contributed by atoms with E-state index in [2.05, 4.69) is 15.3 Å². The fourth-order valence-corrected chi connectivity index (χ4v) is 1.55. The van der Waals surface area contributed by atoms with Crippen LogP contribution in [0.2, 0.25) is 0 Å². The number of amides is 1. The minimum atomic E-state index is -0.992. The number of nitrogens with zero attached hydrogens (tertiary/aromatic N) is 1. The van der Waals surface area contributed by atoms with Gasteiger partial charge in [0.25, 0.3) is 11.5 Å². The number of carbonyl (C=O) groups is 2. The summed E-state index contributed by atoms with van der Waals surface area (Å²) in [5.74, 6) is -1.60. The number of hydrogen-bond acceptors (Lipinski definition) is 4. The van der Waals surface area contributed by atoms with Crippen molar-refractivity contribution in [3.63, 3.8) is 0 Å². The zero-order chi connectivity index (χ0) is 13.5. The van der Waals surface area contributed by atoms with E-state index >= 15 is 0 Å². The molecule has 1 atom stereocenters. The predicted molar refractivity (Wildman–Crippen MR) is 63.3 cm³/mol. The molecule has 0 aliphatic rings. The third kappa shape index (κ3) is 4.00. The Morgan fingerprint density at radius 1 is 1.56 bits per heavy atom. The van der Waals surface area contributed by atoms with Crippen LogP contribution in [0.5, 0.6) is 0 Å². The molecule has 0 aliphatic heterocycles. The van der Waals surface area contributed by atoms with E-state index in [1.807, 2.05) is 6.92 Å². The van der Waals surface area contributed by atoms with Crippen LogP contribution in [-0.4, -0.2) is 33.0 Å². The molecule has 1 aromatic rings. The van der Waals surface area contributed by atoms with Crippen molar-refractivity contribution in [2.75, 3.05) is 0 Å². The summed E-state index contributed by atoms with van der Waals surface area (Å²) in [7, 11) is 0. The lowest BCUT2D eigenvalue weighted by atomic mass is 10.1. The van der Waals surface area contributed by atoms with E-state index < -0.39 is 23.5 Å². The summed E-state index contributed by atoms with van der Waals surface area (Å²) >= 11 is 0. The van der Waals surface area contributed by atoms with Crippen LogP contribution in [0.15, 0.2) is 17.3 Å². The molecule has 1 unspecified atom stereocenters. The van der Waals surface area contributed by atoms with Crippen molar-refractivity contribution in [3.05, 3.63) is 28.4 Å². The Bertz CT molecular complexity index is 483. The molecule has 98 valence electrons. The van der Waals surface area contributed by atoms with Crippen LogP contribution in [0.1, 0.15) is 36.5 Å². The summed E-state index contributed by atoms with van der Waals surface area (Å²) < 4.78 is 0. The van der Waals surface area contributed by atoms with Crippen LogP contribution in [0.3, 0.4) is 0 Å². The molecule has 7 nitrogen and oxygen atoms in total. The molecular weight excluding hydrogens is 238 g/mol. The van der Waals surface area contributed by atoms with E-state index in [1.165, 1.54) is 6.33 Å². The van der Waals surface area contributed by atoms with E-state index in [0.29, 0.717) is 6.42 Å². The number of aromatic amines is 1. The summed E-state index contributed by atoms with van der Waals surface area (Å²) in [4.78, 5) is 39.7. The van der Waals surface area contributed by atoms with Crippen molar-refractivity contribution < 1.29 is 14.7 Å². The standard InChI is InChI=1S/C11H15N3O4/c1-2-3-7(4-9(15)16)14-11(18)8-5-12-6-13-10(8)17/h5-7H,2-4H2,1H3,(H,14,18)(H,15,16)(H,12,13,17). The number of H-pyrrole nitrogens is 1. The van der Waals surface area contributed by atoms with Crippen LogP contribution in [-0.2, 0) is 4.79 Å². The Morgan fingerprint density at radius 2 is 2.28 bits per heavy atom.